The van der Waals surface area contributed by atoms with Crippen molar-refractivity contribution >= 4 is 17.5 Å². The minimum absolute atomic E-state index is 0.229. The lowest BCUT2D eigenvalue weighted by molar-refractivity contribution is 0.447. The van der Waals surface area contributed by atoms with Crippen molar-refractivity contribution in [2.75, 3.05) is 30.4 Å². The number of halogens is 1. The van der Waals surface area contributed by atoms with Crippen LogP contribution >= 0.6 is 0 Å². The number of aryl methyl sites for hydroxylation is 2. The van der Waals surface area contributed by atoms with Gasteiger partial charge in [-0.25, -0.2) is 9.37 Å². The molecule has 0 amide bonds. The van der Waals surface area contributed by atoms with Gasteiger partial charge < -0.3 is 15.5 Å². The van der Waals surface area contributed by atoms with Crippen molar-refractivity contribution in [1.82, 2.24) is 15.3 Å². The molecule has 0 bridgehead atoms. The van der Waals surface area contributed by atoms with E-state index in [2.05, 4.69) is 33.5 Å². The number of hydrogen-bond acceptors (Lipinski definition) is 5. The van der Waals surface area contributed by atoms with Gasteiger partial charge in [0.25, 0.3) is 0 Å². The van der Waals surface area contributed by atoms with Gasteiger partial charge in [0.15, 0.2) is 0 Å². The van der Waals surface area contributed by atoms with Crippen molar-refractivity contribution in [3.63, 3.8) is 0 Å². The van der Waals surface area contributed by atoms with Gasteiger partial charge >= 0.3 is 0 Å². The summed E-state index contributed by atoms with van der Waals surface area (Å²) in [6.07, 6.45) is 4.25. The quantitative estimate of drug-likeness (QED) is 0.823. The summed E-state index contributed by atoms with van der Waals surface area (Å²) in [6.45, 7) is 5.84. The van der Waals surface area contributed by atoms with Gasteiger partial charge in [-0.2, -0.15) is 4.98 Å². The third-order valence-corrected chi connectivity index (χ3v) is 4.85. The molecule has 1 aromatic heterocycles. The SMILES string of the molecule is CCCc1cc(N2CCCC(NC)C2)nc(Nc2ccc(C)c(F)c2)n1. The van der Waals surface area contributed by atoms with Crippen LogP contribution in [0.5, 0.6) is 0 Å². The van der Waals surface area contributed by atoms with Crippen molar-refractivity contribution in [3.05, 3.63) is 41.3 Å². The lowest BCUT2D eigenvalue weighted by Gasteiger charge is -2.33. The molecule has 0 saturated carbocycles. The Labute approximate surface area is 155 Å². The molecule has 2 aromatic rings. The van der Waals surface area contributed by atoms with E-state index >= 15 is 0 Å². The molecule has 5 nitrogen and oxygen atoms in total. The third-order valence-electron chi connectivity index (χ3n) is 4.85. The Balaban J connectivity index is 1.86. The number of anilines is 3. The molecular formula is C20H28FN5. The van der Waals surface area contributed by atoms with E-state index in [9.17, 15) is 4.39 Å². The fourth-order valence-electron chi connectivity index (χ4n) is 3.31. The fraction of sp³-hybridized carbons (Fsp3) is 0.500. The summed E-state index contributed by atoms with van der Waals surface area (Å²) < 4.78 is 13.8. The van der Waals surface area contributed by atoms with Gasteiger partial charge in [0.1, 0.15) is 11.6 Å². The zero-order valence-electron chi connectivity index (χ0n) is 15.8. The topological polar surface area (TPSA) is 53.1 Å². The molecule has 140 valence electrons. The van der Waals surface area contributed by atoms with E-state index in [0.717, 1.165) is 43.9 Å². The first-order chi connectivity index (χ1) is 12.6. The normalized spacial score (nSPS) is 17.4. The van der Waals surface area contributed by atoms with E-state index < -0.39 is 0 Å². The predicted molar refractivity (Wildman–Crippen MR) is 105 cm³/mol. The maximum atomic E-state index is 13.8. The van der Waals surface area contributed by atoms with Crippen LogP contribution in [0.3, 0.4) is 0 Å². The Morgan fingerprint density at radius 3 is 2.85 bits per heavy atom. The molecule has 0 aliphatic carbocycles. The van der Waals surface area contributed by atoms with Crippen LogP contribution in [0.2, 0.25) is 0 Å². The lowest BCUT2D eigenvalue weighted by Crippen LogP contribution is -2.44. The highest BCUT2D eigenvalue weighted by atomic mass is 19.1. The minimum atomic E-state index is -0.229. The van der Waals surface area contributed by atoms with Crippen molar-refractivity contribution in [1.29, 1.82) is 0 Å². The molecule has 1 atom stereocenters. The Hall–Kier alpha value is -2.21. The standard InChI is InChI=1S/C20H28FN5/c1-4-6-15-12-19(26-10-5-7-17(13-26)22-3)25-20(23-15)24-16-9-8-14(2)18(21)11-16/h8-9,11-12,17,22H,4-7,10,13H2,1-3H3,(H,23,24,25). The second-order valence-corrected chi connectivity index (χ2v) is 6.95. The minimum Gasteiger partial charge on any atom is -0.355 e. The molecule has 1 fully saturated rings. The second-order valence-electron chi connectivity index (χ2n) is 6.95. The average molecular weight is 357 g/mol. The van der Waals surface area contributed by atoms with Crippen LogP contribution in [0.1, 0.15) is 37.4 Å². The van der Waals surface area contributed by atoms with Gasteiger partial charge in [-0.05, 0) is 50.9 Å². The zero-order valence-corrected chi connectivity index (χ0v) is 15.8. The van der Waals surface area contributed by atoms with E-state index in [-0.39, 0.29) is 5.82 Å². The predicted octanol–water partition coefficient (Wildman–Crippen LogP) is 3.81. The van der Waals surface area contributed by atoms with Crippen LogP contribution < -0.4 is 15.5 Å². The summed E-state index contributed by atoms with van der Waals surface area (Å²) >= 11 is 0. The van der Waals surface area contributed by atoms with Crippen LogP contribution in [0.15, 0.2) is 24.3 Å². The fourth-order valence-corrected chi connectivity index (χ4v) is 3.31. The number of nitrogens with one attached hydrogen (secondary N) is 2. The molecule has 2 heterocycles. The highest BCUT2D eigenvalue weighted by Crippen LogP contribution is 2.23. The number of likely N-dealkylation sites (N-methyl/N-ethyl adjacent to an activating group) is 1. The average Bonchev–Trinajstić information content (AvgIpc) is 2.65. The van der Waals surface area contributed by atoms with Crippen molar-refractivity contribution in [3.8, 4) is 0 Å². The molecule has 1 unspecified atom stereocenters. The second kappa shape index (κ2) is 8.45. The maximum absolute atomic E-state index is 13.8. The highest BCUT2D eigenvalue weighted by Gasteiger charge is 2.20. The maximum Gasteiger partial charge on any atom is 0.229 e. The molecule has 1 aromatic carbocycles. The summed E-state index contributed by atoms with van der Waals surface area (Å²) in [6, 6.07) is 7.67. The summed E-state index contributed by atoms with van der Waals surface area (Å²) in [7, 11) is 2.01. The van der Waals surface area contributed by atoms with Gasteiger partial charge in [0.2, 0.25) is 5.95 Å². The van der Waals surface area contributed by atoms with Gasteiger partial charge in [-0.3, -0.25) is 0 Å². The molecule has 2 N–H and O–H groups in total. The smallest absolute Gasteiger partial charge is 0.229 e. The Morgan fingerprint density at radius 1 is 1.27 bits per heavy atom. The summed E-state index contributed by atoms with van der Waals surface area (Å²) in [4.78, 5) is 11.6. The van der Waals surface area contributed by atoms with E-state index in [1.807, 2.05) is 13.1 Å². The van der Waals surface area contributed by atoms with Gasteiger partial charge in [0, 0.05) is 36.6 Å². The van der Waals surface area contributed by atoms with Gasteiger partial charge in [-0.1, -0.05) is 19.4 Å². The molecule has 26 heavy (non-hydrogen) atoms. The van der Waals surface area contributed by atoms with Gasteiger partial charge in [-0.15, -0.1) is 0 Å². The van der Waals surface area contributed by atoms with E-state index in [1.165, 1.54) is 12.5 Å². The van der Waals surface area contributed by atoms with E-state index in [0.29, 0.717) is 23.2 Å². The van der Waals surface area contributed by atoms with Crippen LogP contribution in [0, 0.1) is 12.7 Å². The Kier molecular flexibility index (Phi) is 6.04. The van der Waals surface area contributed by atoms with Crippen molar-refractivity contribution in [2.45, 2.75) is 45.6 Å². The van der Waals surface area contributed by atoms with Crippen LogP contribution in [0.4, 0.5) is 21.8 Å². The number of piperidine rings is 1. The molecule has 1 aliphatic rings. The molecule has 3 rings (SSSR count). The van der Waals surface area contributed by atoms with Crippen molar-refractivity contribution < 1.29 is 4.39 Å². The molecule has 6 heteroatoms. The first kappa shape index (κ1) is 18.6. The summed E-state index contributed by atoms with van der Waals surface area (Å²) in [5.41, 5.74) is 2.31. The van der Waals surface area contributed by atoms with Crippen LogP contribution in [-0.2, 0) is 6.42 Å². The van der Waals surface area contributed by atoms with E-state index in [4.69, 9.17) is 4.98 Å². The Bertz CT molecular complexity index is 749. The largest absolute Gasteiger partial charge is 0.355 e. The third kappa shape index (κ3) is 4.49. The van der Waals surface area contributed by atoms with Crippen molar-refractivity contribution in [2.24, 2.45) is 0 Å². The van der Waals surface area contributed by atoms with E-state index in [1.54, 1.807) is 13.0 Å². The molecular weight excluding hydrogens is 329 g/mol. The Morgan fingerprint density at radius 2 is 2.12 bits per heavy atom. The molecule has 0 spiro atoms. The number of benzene rings is 1. The number of aromatic nitrogens is 2. The molecule has 1 aliphatic heterocycles. The zero-order chi connectivity index (χ0) is 18.5. The number of rotatable bonds is 6. The van der Waals surface area contributed by atoms with Crippen LogP contribution in [-0.4, -0.2) is 36.1 Å². The van der Waals surface area contributed by atoms with Crippen LogP contribution in [0.25, 0.3) is 0 Å². The number of hydrogen-bond donors (Lipinski definition) is 2. The first-order valence-corrected chi connectivity index (χ1v) is 9.42. The molecule has 1 saturated heterocycles. The lowest BCUT2D eigenvalue weighted by atomic mass is 10.1. The first-order valence-electron chi connectivity index (χ1n) is 9.42. The summed E-state index contributed by atoms with van der Waals surface area (Å²) in [5.74, 6) is 1.24. The monoisotopic (exact) mass is 357 g/mol. The summed E-state index contributed by atoms with van der Waals surface area (Å²) in [5, 5.41) is 6.54. The molecule has 0 radical (unpaired) electrons. The van der Waals surface area contributed by atoms with Gasteiger partial charge in [0.05, 0.1) is 0 Å². The number of nitrogens with zero attached hydrogens (tertiary/aromatic N) is 3. The highest BCUT2D eigenvalue weighted by molar-refractivity contribution is 5.56.